The van der Waals surface area contributed by atoms with Crippen molar-refractivity contribution in [1.82, 2.24) is 9.80 Å². The Kier molecular flexibility index (Phi) is 6.07. The Hall–Kier alpha value is -1.46. The Bertz CT molecular complexity index is 679. The molecular weight excluding hydrogens is 339 g/mol. The van der Waals surface area contributed by atoms with E-state index in [0.717, 1.165) is 31.7 Å². The maximum atomic E-state index is 13.9. The van der Waals surface area contributed by atoms with Crippen molar-refractivity contribution in [3.8, 4) is 0 Å². The highest BCUT2D eigenvalue weighted by Gasteiger charge is 2.21. The van der Waals surface area contributed by atoms with Crippen molar-refractivity contribution in [1.29, 1.82) is 0 Å². The van der Waals surface area contributed by atoms with Gasteiger partial charge in [0, 0.05) is 49.9 Å². The van der Waals surface area contributed by atoms with Crippen LogP contribution >= 0.6 is 11.6 Å². The lowest BCUT2D eigenvalue weighted by Gasteiger charge is -2.35. The SMILES string of the molecule is Cc1ccc(C(O)CN2CCN(Cc3c(F)cccc3Cl)CC2)cc1. The molecule has 0 aliphatic carbocycles. The average Bonchev–Trinajstić information content (AvgIpc) is 2.60. The van der Waals surface area contributed by atoms with Gasteiger partial charge < -0.3 is 5.11 Å². The third kappa shape index (κ3) is 4.79. The first-order valence-corrected chi connectivity index (χ1v) is 9.03. The lowest BCUT2D eigenvalue weighted by Crippen LogP contribution is -2.47. The maximum Gasteiger partial charge on any atom is 0.129 e. The van der Waals surface area contributed by atoms with Crippen LogP contribution in [0.5, 0.6) is 0 Å². The molecule has 1 aliphatic heterocycles. The van der Waals surface area contributed by atoms with Gasteiger partial charge in [-0.2, -0.15) is 0 Å². The summed E-state index contributed by atoms with van der Waals surface area (Å²) in [6, 6.07) is 12.8. The molecule has 1 unspecified atom stereocenters. The molecule has 25 heavy (non-hydrogen) atoms. The van der Waals surface area contributed by atoms with Gasteiger partial charge in [0.2, 0.25) is 0 Å². The van der Waals surface area contributed by atoms with E-state index in [9.17, 15) is 9.50 Å². The van der Waals surface area contributed by atoms with Gasteiger partial charge in [-0.25, -0.2) is 4.39 Å². The summed E-state index contributed by atoms with van der Waals surface area (Å²) in [6.07, 6.45) is -0.479. The molecule has 1 heterocycles. The zero-order valence-corrected chi connectivity index (χ0v) is 15.2. The number of hydrogen-bond acceptors (Lipinski definition) is 3. The molecule has 0 amide bonds. The predicted octanol–water partition coefficient (Wildman–Crippen LogP) is 3.64. The first-order valence-electron chi connectivity index (χ1n) is 8.65. The average molecular weight is 363 g/mol. The van der Waals surface area contributed by atoms with Crippen LogP contribution < -0.4 is 0 Å². The van der Waals surface area contributed by atoms with Gasteiger partial charge in [-0.3, -0.25) is 9.80 Å². The molecule has 0 spiro atoms. The monoisotopic (exact) mass is 362 g/mol. The highest BCUT2D eigenvalue weighted by Crippen LogP contribution is 2.22. The summed E-state index contributed by atoms with van der Waals surface area (Å²) < 4.78 is 13.9. The van der Waals surface area contributed by atoms with Crippen LogP contribution in [0.4, 0.5) is 4.39 Å². The van der Waals surface area contributed by atoms with E-state index in [1.54, 1.807) is 12.1 Å². The maximum absolute atomic E-state index is 13.9. The van der Waals surface area contributed by atoms with Crippen molar-refractivity contribution < 1.29 is 9.50 Å². The Morgan fingerprint density at radius 3 is 2.32 bits per heavy atom. The van der Waals surface area contributed by atoms with Crippen molar-refractivity contribution in [2.24, 2.45) is 0 Å². The number of rotatable bonds is 5. The van der Waals surface area contributed by atoms with Crippen molar-refractivity contribution in [3.63, 3.8) is 0 Å². The number of nitrogens with zero attached hydrogens (tertiary/aromatic N) is 2. The van der Waals surface area contributed by atoms with E-state index in [2.05, 4.69) is 9.80 Å². The second-order valence-corrected chi connectivity index (χ2v) is 7.11. The minimum absolute atomic E-state index is 0.246. The Balaban J connectivity index is 1.51. The van der Waals surface area contributed by atoms with Gasteiger partial charge in [0.05, 0.1) is 6.10 Å². The van der Waals surface area contributed by atoms with Crippen LogP contribution in [0.15, 0.2) is 42.5 Å². The van der Waals surface area contributed by atoms with Crippen molar-refractivity contribution >= 4 is 11.6 Å². The van der Waals surface area contributed by atoms with Crippen LogP contribution in [-0.2, 0) is 6.54 Å². The molecule has 0 bridgehead atoms. The fourth-order valence-electron chi connectivity index (χ4n) is 3.18. The third-order valence-corrected chi connectivity index (χ3v) is 5.16. The van der Waals surface area contributed by atoms with Crippen LogP contribution in [0, 0.1) is 12.7 Å². The van der Waals surface area contributed by atoms with Gasteiger partial charge >= 0.3 is 0 Å². The lowest BCUT2D eigenvalue weighted by molar-refractivity contribution is 0.0698. The molecular formula is C20H24ClFN2O. The Morgan fingerprint density at radius 2 is 1.68 bits per heavy atom. The summed E-state index contributed by atoms with van der Waals surface area (Å²) in [6.45, 7) is 6.58. The summed E-state index contributed by atoms with van der Waals surface area (Å²) in [5.41, 5.74) is 2.71. The molecule has 0 aromatic heterocycles. The molecule has 1 saturated heterocycles. The number of aliphatic hydroxyl groups is 1. The molecule has 1 N–H and O–H groups in total. The first kappa shape index (κ1) is 18.3. The summed E-state index contributed by atoms with van der Waals surface area (Å²) in [7, 11) is 0. The van der Waals surface area contributed by atoms with Gasteiger partial charge in [0.1, 0.15) is 5.82 Å². The van der Waals surface area contributed by atoms with Gasteiger partial charge in [-0.05, 0) is 24.6 Å². The molecule has 1 aliphatic rings. The number of β-amino-alcohol motifs (C(OH)–C–C–N with tert-alkyl or cyclic N) is 1. The molecule has 134 valence electrons. The van der Waals surface area contributed by atoms with Crippen molar-refractivity contribution in [3.05, 3.63) is 70.0 Å². The fraction of sp³-hybridized carbons (Fsp3) is 0.400. The van der Waals surface area contributed by atoms with Crippen molar-refractivity contribution in [2.75, 3.05) is 32.7 Å². The number of aryl methyl sites for hydroxylation is 1. The van der Waals surface area contributed by atoms with Gasteiger partial charge in [-0.1, -0.05) is 47.5 Å². The van der Waals surface area contributed by atoms with E-state index in [0.29, 0.717) is 23.7 Å². The molecule has 2 aromatic rings. The van der Waals surface area contributed by atoms with Crippen LogP contribution in [0.25, 0.3) is 0 Å². The minimum Gasteiger partial charge on any atom is -0.387 e. The Labute approximate surface area is 153 Å². The lowest BCUT2D eigenvalue weighted by atomic mass is 10.1. The molecule has 0 radical (unpaired) electrons. The Morgan fingerprint density at radius 1 is 1.04 bits per heavy atom. The standard InChI is InChI=1S/C20H24ClFN2O/c1-15-5-7-16(8-6-15)20(25)14-24-11-9-23(10-12-24)13-17-18(21)3-2-4-19(17)22/h2-8,20,25H,9-14H2,1H3. The van der Waals surface area contributed by atoms with E-state index in [-0.39, 0.29) is 5.82 Å². The number of piperazine rings is 1. The molecule has 1 atom stereocenters. The van der Waals surface area contributed by atoms with E-state index in [1.165, 1.54) is 11.6 Å². The van der Waals surface area contributed by atoms with E-state index >= 15 is 0 Å². The summed E-state index contributed by atoms with van der Waals surface area (Å²) in [4.78, 5) is 4.46. The van der Waals surface area contributed by atoms with E-state index < -0.39 is 6.10 Å². The number of aliphatic hydroxyl groups excluding tert-OH is 1. The smallest absolute Gasteiger partial charge is 0.129 e. The minimum atomic E-state index is -0.479. The molecule has 2 aromatic carbocycles. The fourth-order valence-corrected chi connectivity index (χ4v) is 3.40. The number of hydrogen-bond donors (Lipinski definition) is 1. The van der Waals surface area contributed by atoms with E-state index in [1.807, 2.05) is 31.2 Å². The summed E-state index contributed by atoms with van der Waals surface area (Å²) in [5, 5.41) is 10.9. The van der Waals surface area contributed by atoms with Crippen molar-refractivity contribution in [2.45, 2.75) is 19.6 Å². The highest BCUT2D eigenvalue weighted by atomic mass is 35.5. The van der Waals surface area contributed by atoms with Crippen LogP contribution in [0.2, 0.25) is 5.02 Å². The number of benzene rings is 2. The zero-order chi connectivity index (χ0) is 17.8. The molecule has 0 saturated carbocycles. The zero-order valence-electron chi connectivity index (χ0n) is 14.5. The molecule has 5 heteroatoms. The molecule has 1 fully saturated rings. The topological polar surface area (TPSA) is 26.7 Å². The summed E-state index contributed by atoms with van der Waals surface area (Å²) in [5.74, 6) is -0.246. The first-order chi connectivity index (χ1) is 12.0. The second kappa shape index (κ2) is 8.28. The molecule has 3 rings (SSSR count). The summed E-state index contributed by atoms with van der Waals surface area (Å²) >= 11 is 6.12. The van der Waals surface area contributed by atoms with Gasteiger partial charge in [0.25, 0.3) is 0 Å². The quantitative estimate of drug-likeness (QED) is 0.879. The number of halogens is 2. The van der Waals surface area contributed by atoms with E-state index in [4.69, 9.17) is 11.6 Å². The van der Waals surface area contributed by atoms with Gasteiger partial charge in [-0.15, -0.1) is 0 Å². The second-order valence-electron chi connectivity index (χ2n) is 6.70. The third-order valence-electron chi connectivity index (χ3n) is 4.80. The normalized spacial score (nSPS) is 17.6. The van der Waals surface area contributed by atoms with Crippen LogP contribution in [0.1, 0.15) is 22.8 Å². The van der Waals surface area contributed by atoms with Crippen LogP contribution in [0.3, 0.4) is 0 Å². The van der Waals surface area contributed by atoms with Crippen LogP contribution in [-0.4, -0.2) is 47.6 Å². The van der Waals surface area contributed by atoms with Gasteiger partial charge in [0.15, 0.2) is 0 Å². The highest BCUT2D eigenvalue weighted by molar-refractivity contribution is 6.31. The predicted molar refractivity (Wildman–Crippen MR) is 99.3 cm³/mol. The largest absolute Gasteiger partial charge is 0.387 e. The molecule has 3 nitrogen and oxygen atoms in total.